The number of hydrogen-bond acceptors (Lipinski definition) is 3. The Morgan fingerprint density at radius 3 is 2.61 bits per heavy atom. The number of benzene rings is 2. The second-order valence-corrected chi connectivity index (χ2v) is 7.88. The first-order valence-corrected chi connectivity index (χ1v) is 10.4. The highest BCUT2D eigenvalue weighted by Gasteiger charge is 2.30. The summed E-state index contributed by atoms with van der Waals surface area (Å²) in [5.41, 5.74) is 3.80. The van der Waals surface area contributed by atoms with E-state index < -0.39 is 0 Å². The molecule has 1 aromatic heterocycles. The van der Waals surface area contributed by atoms with Gasteiger partial charge in [-0.15, -0.1) is 11.3 Å². The van der Waals surface area contributed by atoms with E-state index >= 15 is 0 Å². The summed E-state index contributed by atoms with van der Waals surface area (Å²) < 4.78 is 19.0. The second-order valence-electron chi connectivity index (χ2n) is 6.97. The number of nitrogens with one attached hydrogen (secondary N) is 1. The molecule has 0 radical (unpaired) electrons. The van der Waals surface area contributed by atoms with Gasteiger partial charge >= 0.3 is 0 Å². The van der Waals surface area contributed by atoms with Crippen LogP contribution in [0.5, 0.6) is 5.75 Å². The summed E-state index contributed by atoms with van der Waals surface area (Å²) in [6, 6.07) is 14.4. The third kappa shape index (κ3) is 3.80. The van der Waals surface area contributed by atoms with Crippen molar-refractivity contribution in [1.82, 2.24) is 0 Å². The van der Waals surface area contributed by atoms with Gasteiger partial charge in [0.15, 0.2) is 0 Å². The number of fused-ring (bicyclic) bond motifs is 1. The number of carbonyl (C=O) groups excluding carboxylic acids is 1. The highest BCUT2D eigenvalue weighted by atomic mass is 32.1. The fraction of sp³-hybridized carbons (Fsp3) is 0.261. The first kappa shape index (κ1) is 18.7. The normalized spacial score (nSPS) is 15.8. The van der Waals surface area contributed by atoms with E-state index in [0.29, 0.717) is 6.42 Å². The zero-order valence-electron chi connectivity index (χ0n) is 15.7. The molecule has 0 bridgehead atoms. The van der Waals surface area contributed by atoms with Gasteiger partial charge < -0.3 is 10.1 Å². The highest BCUT2D eigenvalue weighted by Crippen LogP contribution is 2.46. The molecule has 1 N–H and O–H groups in total. The Kier molecular flexibility index (Phi) is 5.44. The average Bonchev–Trinajstić information content (AvgIpc) is 3.12. The van der Waals surface area contributed by atoms with Crippen LogP contribution in [0.3, 0.4) is 0 Å². The molecule has 0 saturated heterocycles. The number of carbonyl (C=O) groups is 1. The van der Waals surface area contributed by atoms with Crippen molar-refractivity contribution in [2.75, 3.05) is 11.9 Å². The van der Waals surface area contributed by atoms with E-state index in [4.69, 9.17) is 4.74 Å². The van der Waals surface area contributed by atoms with Crippen molar-refractivity contribution in [2.24, 2.45) is 0 Å². The van der Waals surface area contributed by atoms with Gasteiger partial charge in [-0.2, -0.15) is 0 Å². The minimum Gasteiger partial charge on any atom is -0.494 e. The van der Waals surface area contributed by atoms with Gasteiger partial charge in [-0.05, 0) is 41.8 Å². The Labute approximate surface area is 168 Å². The van der Waals surface area contributed by atoms with Crippen molar-refractivity contribution >= 4 is 22.9 Å². The number of anilines is 1. The van der Waals surface area contributed by atoms with E-state index in [1.807, 2.05) is 29.6 Å². The summed E-state index contributed by atoms with van der Waals surface area (Å²) in [5.74, 6) is 0.613. The molecule has 0 saturated carbocycles. The lowest BCUT2D eigenvalue weighted by Crippen LogP contribution is -2.22. The topological polar surface area (TPSA) is 38.3 Å². The van der Waals surface area contributed by atoms with Gasteiger partial charge in [-0.1, -0.05) is 37.6 Å². The van der Waals surface area contributed by atoms with Gasteiger partial charge in [0.25, 0.3) is 0 Å². The van der Waals surface area contributed by atoms with E-state index in [2.05, 4.69) is 12.2 Å². The fourth-order valence-corrected chi connectivity index (χ4v) is 4.63. The molecule has 0 fully saturated rings. The summed E-state index contributed by atoms with van der Waals surface area (Å²) in [6.45, 7) is 2.86. The summed E-state index contributed by atoms with van der Waals surface area (Å²) in [5, 5.41) is 5.06. The number of ether oxygens (including phenoxy) is 1. The lowest BCUT2D eigenvalue weighted by molar-refractivity contribution is -0.116. The Bertz CT molecular complexity index is 963. The summed E-state index contributed by atoms with van der Waals surface area (Å²) in [7, 11) is 0. The number of rotatable bonds is 6. The Morgan fingerprint density at radius 2 is 1.89 bits per heavy atom. The molecule has 1 aliphatic heterocycles. The average molecular weight is 395 g/mol. The minimum atomic E-state index is -0.268. The van der Waals surface area contributed by atoms with Crippen LogP contribution in [0.15, 0.2) is 53.9 Å². The molecule has 2 aromatic carbocycles. The zero-order valence-corrected chi connectivity index (χ0v) is 16.5. The Morgan fingerprint density at radius 1 is 1.14 bits per heavy atom. The van der Waals surface area contributed by atoms with Gasteiger partial charge in [-0.25, -0.2) is 4.39 Å². The monoisotopic (exact) mass is 395 g/mol. The Balaban J connectivity index is 1.62. The molecule has 1 amide bonds. The second kappa shape index (κ2) is 8.15. The molecule has 4 rings (SSSR count). The molecule has 1 unspecified atom stereocenters. The molecule has 5 heteroatoms. The molecule has 3 nitrogen and oxygen atoms in total. The van der Waals surface area contributed by atoms with Gasteiger partial charge in [0.05, 0.1) is 12.3 Å². The summed E-state index contributed by atoms with van der Waals surface area (Å²) in [4.78, 5) is 13.5. The van der Waals surface area contributed by atoms with Crippen molar-refractivity contribution in [3.8, 4) is 16.9 Å². The number of hydrogen-bond donors (Lipinski definition) is 1. The molecule has 0 aliphatic carbocycles. The molecule has 28 heavy (non-hydrogen) atoms. The van der Waals surface area contributed by atoms with E-state index in [1.165, 1.54) is 12.1 Å². The van der Waals surface area contributed by atoms with Crippen LogP contribution in [0, 0.1) is 5.82 Å². The number of amides is 1. The summed E-state index contributed by atoms with van der Waals surface area (Å²) in [6.07, 6.45) is 2.56. The van der Waals surface area contributed by atoms with Gasteiger partial charge in [0, 0.05) is 28.2 Å². The van der Waals surface area contributed by atoms with Crippen LogP contribution in [-0.2, 0) is 4.79 Å². The third-order valence-corrected chi connectivity index (χ3v) is 6.09. The van der Waals surface area contributed by atoms with Gasteiger partial charge in [-0.3, -0.25) is 4.79 Å². The minimum absolute atomic E-state index is 0.00235. The zero-order chi connectivity index (χ0) is 19.5. The smallest absolute Gasteiger partial charge is 0.225 e. The number of thiophene rings is 1. The standard InChI is InChI=1S/C23H22FNO2S/c1-2-3-12-27-18-10-6-15(7-11-18)19-13-21(26)25-22-20(14-28-23(19)22)16-4-8-17(24)9-5-16/h4-11,14,19H,2-3,12-13H2,1H3,(H,25,26). The highest BCUT2D eigenvalue weighted by molar-refractivity contribution is 7.11. The molecular formula is C23H22FNO2S. The SMILES string of the molecule is CCCCOc1ccc(C2CC(=O)Nc3c(-c4ccc(F)cc4)csc32)cc1. The maximum absolute atomic E-state index is 13.3. The van der Waals surface area contributed by atoms with Crippen molar-refractivity contribution in [1.29, 1.82) is 0 Å². The molecule has 144 valence electrons. The molecule has 0 spiro atoms. The molecular weight excluding hydrogens is 373 g/mol. The van der Waals surface area contributed by atoms with Crippen LogP contribution >= 0.6 is 11.3 Å². The predicted molar refractivity (Wildman–Crippen MR) is 112 cm³/mol. The van der Waals surface area contributed by atoms with Crippen LogP contribution in [0.4, 0.5) is 10.1 Å². The van der Waals surface area contributed by atoms with Crippen LogP contribution in [0.1, 0.15) is 42.5 Å². The van der Waals surface area contributed by atoms with Crippen LogP contribution in [-0.4, -0.2) is 12.5 Å². The van der Waals surface area contributed by atoms with E-state index in [1.54, 1.807) is 23.5 Å². The Hall–Kier alpha value is -2.66. The van der Waals surface area contributed by atoms with Crippen LogP contribution in [0.25, 0.3) is 11.1 Å². The molecule has 1 aliphatic rings. The van der Waals surface area contributed by atoms with Crippen molar-refractivity contribution < 1.29 is 13.9 Å². The van der Waals surface area contributed by atoms with E-state index in [9.17, 15) is 9.18 Å². The molecule has 3 aromatic rings. The van der Waals surface area contributed by atoms with E-state index in [0.717, 1.165) is 52.5 Å². The van der Waals surface area contributed by atoms with Crippen molar-refractivity contribution in [2.45, 2.75) is 32.1 Å². The molecule has 2 heterocycles. The first-order valence-electron chi connectivity index (χ1n) is 9.55. The maximum Gasteiger partial charge on any atom is 0.225 e. The number of halogens is 1. The summed E-state index contributed by atoms with van der Waals surface area (Å²) >= 11 is 1.64. The first-order chi connectivity index (χ1) is 13.7. The lowest BCUT2D eigenvalue weighted by atomic mass is 9.89. The quantitative estimate of drug-likeness (QED) is 0.504. The van der Waals surface area contributed by atoms with Crippen LogP contribution < -0.4 is 10.1 Å². The lowest BCUT2D eigenvalue weighted by Gasteiger charge is -2.24. The van der Waals surface area contributed by atoms with Crippen molar-refractivity contribution in [3.05, 3.63) is 70.2 Å². The maximum atomic E-state index is 13.3. The fourth-order valence-electron chi connectivity index (χ4n) is 3.47. The largest absolute Gasteiger partial charge is 0.494 e. The van der Waals surface area contributed by atoms with Gasteiger partial charge in [0.2, 0.25) is 5.91 Å². The third-order valence-electron chi connectivity index (χ3n) is 4.99. The predicted octanol–water partition coefficient (Wildman–Crippen LogP) is 6.21. The number of unbranched alkanes of at least 4 members (excludes halogenated alkanes) is 1. The van der Waals surface area contributed by atoms with Gasteiger partial charge in [0.1, 0.15) is 11.6 Å². The van der Waals surface area contributed by atoms with E-state index in [-0.39, 0.29) is 17.6 Å². The molecule has 1 atom stereocenters. The van der Waals surface area contributed by atoms with Crippen molar-refractivity contribution in [3.63, 3.8) is 0 Å². The van der Waals surface area contributed by atoms with Crippen LogP contribution in [0.2, 0.25) is 0 Å².